The van der Waals surface area contributed by atoms with Crippen LogP contribution in [0.1, 0.15) is 23.3 Å². The third-order valence-corrected chi connectivity index (χ3v) is 2.61. The fourth-order valence-corrected chi connectivity index (χ4v) is 1.68. The molecule has 17 heavy (non-hydrogen) atoms. The third kappa shape index (κ3) is 2.72. The Hall–Kier alpha value is -2.11. The van der Waals surface area contributed by atoms with Crippen LogP contribution in [0.4, 0.5) is 5.69 Å². The minimum absolute atomic E-state index is 0.139. The molecule has 0 saturated carbocycles. The van der Waals surface area contributed by atoms with Crippen molar-refractivity contribution in [1.82, 2.24) is 15.6 Å². The number of carbonyl (C=O) groups excluding carboxylic acids is 2. The van der Waals surface area contributed by atoms with Crippen LogP contribution in [0, 0.1) is 0 Å². The molecule has 0 aromatic carbocycles. The van der Waals surface area contributed by atoms with Gasteiger partial charge in [0.2, 0.25) is 5.91 Å². The van der Waals surface area contributed by atoms with Gasteiger partial charge in [0.25, 0.3) is 5.91 Å². The highest BCUT2D eigenvalue weighted by atomic mass is 16.2. The number of rotatable bonds is 2. The maximum absolute atomic E-state index is 11.8. The van der Waals surface area contributed by atoms with Gasteiger partial charge < -0.3 is 16.4 Å². The van der Waals surface area contributed by atoms with Crippen molar-refractivity contribution < 1.29 is 9.59 Å². The number of nitrogens with one attached hydrogen (secondary N) is 2. The molecule has 1 aliphatic heterocycles. The minimum atomic E-state index is -0.462. The Bertz CT molecular complexity index is 430. The summed E-state index contributed by atoms with van der Waals surface area (Å²) in [6.07, 6.45) is 2.94. The molecule has 4 N–H and O–H groups in total. The number of pyridine rings is 1. The Balaban J connectivity index is 2.01. The topological polar surface area (TPSA) is 97.1 Å². The first kappa shape index (κ1) is 11.4. The van der Waals surface area contributed by atoms with E-state index in [4.69, 9.17) is 5.73 Å². The minimum Gasteiger partial charge on any atom is -0.397 e. The maximum atomic E-state index is 11.8. The molecule has 1 aromatic rings. The van der Waals surface area contributed by atoms with Gasteiger partial charge in [-0.25, -0.2) is 4.98 Å². The Morgan fingerprint density at radius 3 is 3.00 bits per heavy atom. The van der Waals surface area contributed by atoms with Crippen molar-refractivity contribution in [2.24, 2.45) is 0 Å². The zero-order chi connectivity index (χ0) is 12.3. The van der Waals surface area contributed by atoms with Crippen molar-refractivity contribution >= 4 is 17.5 Å². The van der Waals surface area contributed by atoms with Crippen molar-refractivity contribution in [3.63, 3.8) is 0 Å². The van der Waals surface area contributed by atoms with Crippen LogP contribution >= 0.6 is 0 Å². The lowest BCUT2D eigenvalue weighted by atomic mass is 10.1. The summed E-state index contributed by atoms with van der Waals surface area (Å²) in [5.74, 6) is -0.493. The van der Waals surface area contributed by atoms with E-state index in [9.17, 15) is 9.59 Å². The van der Waals surface area contributed by atoms with E-state index in [-0.39, 0.29) is 17.5 Å². The second-order valence-corrected chi connectivity index (χ2v) is 3.94. The molecule has 1 atom stereocenters. The zero-order valence-corrected chi connectivity index (χ0v) is 9.27. The number of hydrogen-bond acceptors (Lipinski definition) is 4. The van der Waals surface area contributed by atoms with Crippen LogP contribution in [0.25, 0.3) is 0 Å². The summed E-state index contributed by atoms with van der Waals surface area (Å²) in [6, 6.07) is 2.67. The fraction of sp³-hybridized carbons (Fsp3) is 0.364. The number of hydrogen-bond donors (Lipinski definition) is 3. The second kappa shape index (κ2) is 4.82. The molecule has 0 radical (unpaired) electrons. The van der Waals surface area contributed by atoms with Gasteiger partial charge in [0.05, 0.1) is 11.9 Å². The number of piperidine rings is 1. The van der Waals surface area contributed by atoms with Crippen LogP contribution in [0.15, 0.2) is 18.3 Å². The fourth-order valence-electron chi connectivity index (χ4n) is 1.68. The van der Waals surface area contributed by atoms with Gasteiger partial charge in [0.15, 0.2) is 0 Å². The van der Waals surface area contributed by atoms with Crippen LogP contribution < -0.4 is 16.4 Å². The lowest BCUT2D eigenvalue weighted by molar-refractivity contribution is -0.124. The van der Waals surface area contributed by atoms with E-state index >= 15 is 0 Å². The summed E-state index contributed by atoms with van der Waals surface area (Å²) in [5, 5.41) is 5.35. The van der Waals surface area contributed by atoms with Crippen LogP contribution in [0.2, 0.25) is 0 Å². The van der Waals surface area contributed by atoms with Crippen molar-refractivity contribution in [2.45, 2.75) is 18.9 Å². The number of amides is 2. The van der Waals surface area contributed by atoms with Crippen LogP contribution in [-0.4, -0.2) is 29.4 Å². The molecule has 1 aromatic heterocycles. The molecule has 6 heteroatoms. The molecule has 2 rings (SSSR count). The van der Waals surface area contributed by atoms with E-state index in [2.05, 4.69) is 15.6 Å². The Kier molecular flexibility index (Phi) is 3.22. The molecule has 0 bridgehead atoms. The SMILES string of the molecule is Nc1ccc(C(=O)NC2CCCNC2=O)nc1. The largest absolute Gasteiger partial charge is 0.397 e. The van der Waals surface area contributed by atoms with E-state index in [0.717, 1.165) is 6.42 Å². The molecule has 2 heterocycles. The van der Waals surface area contributed by atoms with Crippen molar-refractivity contribution in [2.75, 3.05) is 12.3 Å². The molecule has 2 amide bonds. The van der Waals surface area contributed by atoms with Gasteiger partial charge in [-0.1, -0.05) is 0 Å². The Morgan fingerprint density at radius 2 is 2.35 bits per heavy atom. The number of anilines is 1. The normalized spacial score (nSPS) is 19.5. The van der Waals surface area contributed by atoms with Crippen molar-refractivity contribution in [3.8, 4) is 0 Å². The van der Waals surface area contributed by atoms with Gasteiger partial charge in [0, 0.05) is 6.54 Å². The molecule has 0 spiro atoms. The summed E-state index contributed by atoms with van der Waals surface area (Å²) in [7, 11) is 0. The van der Waals surface area contributed by atoms with Crippen LogP contribution in [-0.2, 0) is 4.79 Å². The Labute approximate surface area is 98.6 Å². The molecular formula is C11H14N4O2. The van der Waals surface area contributed by atoms with E-state index < -0.39 is 6.04 Å². The molecule has 1 aliphatic rings. The highest BCUT2D eigenvalue weighted by Gasteiger charge is 2.24. The monoisotopic (exact) mass is 234 g/mol. The van der Waals surface area contributed by atoms with Crippen molar-refractivity contribution in [1.29, 1.82) is 0 Å². The first-order valence-corrected chi connectivity index (χ1v) is 5.47. The molecular weight excluding hydrogens is 220 g/mol. The van der Waals surface area contributed by atoms with Gasteiger partial charge in [-0.15, -0.1) is 0 Å². The first-order valence-electron chi connectivity index (χ1n) is 5.47. The quantitative estimate of drug-likeness (QED) is 0.652. The van der Waals surface area contributed by atoms with Crippen LogP contribution in [0.5, 0.6) is 0 Å². The standard InChI is InChI=1S/C11H14N4O2/c12-7-3-4-8(14-6-7)11(17)15-9-2-1-5-13-10(9)16/h3-4,6,9H,1-2,5,12H2,(H,13,16)(H,15,17). The second-order valence-electron chi connectivity index (χ2n) is 3.94. The van der Waals surface area contributed by atoms with E-state index in [1.807, 2.05) is 0 Å². The highest BCUT2D eigenvalue weighted by molar-refractivity contribution is 5.96. The molecule has 1 unspecified atom stereocenters. The van der Waals surface area contributed by atoms with E-state index in [0.29, 0.717) is 18.7 Å². The van der Waals surface area contributed by atoms with E-state index in [1.54, 1.807) is 6.07 Å². The zero-order valence-electron chi connectivity index (χ0n) is 9.27. The molecule has 0 aliphatic carbocycles. The Morgan fingerprint density at radius 1 is 1.53 bits per heavy atom. The predicted molar refractivity (Wildman–Crippen MR) is 62.1 cm³/mol. The number of carbonyl (C=O) groups is 2. The average Bonchev–Trinajstić information content (AvgIpc) is 2.33. The number of nitrogens with two attached hydrogens (primary N) is 1. The average molecular weight is 234 g/mol. The van der Waals surface area contributed by atoms with Gasteiger partial charge in [-0.3, -0.25) is 9.59 Å². The number of nitrogen functional groups attached to an aromatic ring is 1. The van der Waals surface area contributed by atoms with Crippen LogP contribution in [0.3, 0.4) is 0 Å². The maximum Gasteiger partial charge on any atom is 0.270 e. The van der Waals surface area contributed by atoms with Gasteiger partial charge in [0.1, 0.15) is 11.7 Å². The summed E-state index contributed by atoms with van der Waals surface area (Å²) >= 11 is 0. The summed E-state index contributed by atoms with van der Waals surface area (Å²) in [6.45, 7) is 0.672. The molecule has 1 fully saturated rings. The van der Waals surface area contributed by atoms with Crippen molar-refractivity contribution in [3.05, 3.63) is 24.0 Å². The first-order chi connectivity index (χ1) is 8.16. The summed E-state index contributed by atoms with van der Waals surface area (Å²) < 4.78 is 0. The summed E-state index contributed by atoms with van der Waals surface area (Å²) in [4.78, 5) is 27.1. The van der Waals surface area contributed by atoms with Gasteiger partial charge in [-0.2, -0.15) is 0 Å². The lowest BCUT2D eigenvalue weighted by Gasteiger charge is -2.22. The number of nitrogens with zero attached hydrogens (tertiary/aromatic N) is 1. The number of aromatic nitrogens is 1. The smallest absolute Gasteiger partial charge is 0.270 e. The highest BCUT2D eigenvalue weighted by Crippen LogP contribution is 2.05. The van der Waals surface area contributed by atoms with E-state index in [1.165, 1.54) is 12.3 Å². The molecule has 1 saturated heterocycles. The predicted octanol–water partition coefficient (Wildman–Crippen LogP) is -0.328. The molecule has 90 valence electrons. The molecule has 6 nitrogen and oxygen atoms in total. The third-order valence-electron chi connectivity index (χ3n) is 2.61. The van der Waals surface area contributed by atoms with Gasteiger partial charge >= 0.3 is 0 Å². The lowest BCUT2D eigenvalue weighted by Crippen LogP contribution is -2.50. The summed E-state index contributed by atoms with van der Waals surface area (Å²) in [5.41, 5.74) is 6.23. The van der Waals surface area contributed by atoms with Gasteiger partial charge in [-0.05, 0) is 25.0 Å².